The van der Waals surface area contributed by atoms with Crippen LogP contribution in [0.15, 0.2) is 11.8 Å². The van der Waals surface area contributed by atoms with Crippen LogP contribution in [0.3, 0.4) is 0 Å². The van der Waals surface area contributed by atoms with E-state index in [9.17, 15) is 24.0 Å². The summed E-state index contributed by atoms with van der Waals surface area (Å²) in [6, 6.07) is -0.747. The van der Waals surface area contributed by atoms with Crippen molar-refractivity contribution in [2.75, 3.05) is 13.7 Å². The van der Waals surface area contributed by atoms with Gasteiger partial charge in [-0.1, -0.05) is 13.8 Å². The molecule has 1 rings (SSSR count). The number of ether oxygens (including phenoxy) is 5. The third kappa shape index (κ3) is 8.27. The standard InChI is InChI=1S/C20H29NO10/c1-10(2)19(25)21-14-7-8-15(20(26)27-6)31-17(14)18(30-13(5)24)16(29-12(4)23)9-28-11(3)22/h8,10,14,16-18H,7,9H2,1-6H3,(H,21,25)/t14-,16?,17?,18?/m1/s1. The van der Waals surface area contributed by atoms with Crippen molar-refractivity contribution in [1.82, 2.24) is 5.32 Å². The van der Waals surface area contributed by atoms with Gasteiger partial charge in [-0.25, -0.2) is 4.79 Å². The molecule has 0 spiro atoms. The van der Waals surface area contributed by atoms with Gasteiger partial charge in [0.1, 0.15) is 6.61 Å². The molecule has 1 N–H and O–H groups in total. The summed E-state index contributed by atoms with van der Waals surface area (Å²) in [5.41, 5.74) is 0. The largest absolute Gasteiger partial charge is 0.477 e. The van der Waals surface area contributed by atoms with Crippen molar-refractivity contribution in [1.29, 1.82) is 0 Å². The molecule has 0 aromatic rings. The van der Waals surface area contributed by atoms with Crippen LogP contribution in [0.4, 0.5) is 0 Å². The molecule has 1 amide bonds. The topological polar surface area (TPSA) is 144 Å². The first-order chi connectivity index (χ1) is 14.5. The highest BCUT2D eigenvalue weighted by atomic mass is 16.6. The third-order valence-corrected chi connectivity index (χ3v) is 4.22. The second-order valence-corrected chi connectivity index (χ2v) is 7.17. The Bertz CT molecular complexity index is 729. The van der Waals surface area contributed by atoms with Gasteiger partial charge in [-0.05, 0) is 12.5 Å². The van der Waals surface area contributed by atoms with E-state index < -0.39 is 54.8 Å². The highest BCUT2D eigenvalue weighted by Gasteiger charge is 2.44. The monoisotopic (exact) mass is 443 g/mol. The maximum absolute atomic E-state index is 12.3. The van der Waals surface area contributed by atoms with Crippen molar-refractivity contribution < 1.29 is 47.7 Å². The van der Waals surface area contributed by atoms with E-state index in [1.54, 1.807) is 13.8 Å². The minimum Gasteiger partial charge on any atom is -0.477 e. The average Bonchev–Trinajstić information content (AvgIpc) is 2.68. The first kappa shape index (κ1) is 25.9. The molecule has 0 aromatic carbocycles. The molecule has 0 bridgehead atoms. The predicted molar refractivity (Wildman–Crippen MR) is 104 cm³/mol. The van der Waals surface area contributed by atoms with Gasteiger partial charge in [0.2, 0.25) is 11.7 Å². The van der Waals surface area contributed by atoms with Crippen LogP contribution < -0.4 is 5.32 Å². The second-order valence-electron chi connectivity index (χ2n) is 7.17. The molecule has 3 unspecified atom stereocenters. The van der Waals surface area contributed by atoms with Gasteiger partial charge in [0, 0.05) is 26.7 Å². The zero-order valence-electron chi connectivity index (χ0n) is 18.5. The van der Waals surface area contributed by atoms with Gasteiger partial charge in [-0.2, -0.15) is 0 Å². The molecule has 0 aliphatic carbocycles. The van der Waals surface area contributed by atoms with Crippen molar-refractivity contribution in [2.24, 2.45) is 5.92 Å². The van der Waals surface area contributed by atoms with Crippen molar-refractivity contribution >= 4 is 29.8 Å². The number of esters is 4. The molecule has 0 saturated heterocycles. The fraction of sp³-hybridized carbons (Fsp3) is 0.650. The quantitative estimate of drug-likeness (QED) is 0.393. The van der Waals surface area contributed by atoms with E-state index in [4.69, 9.17) is 18.9 Å². The van der Waals surface area contributed by atoms with Crippen molar-refractivity contribution in [3.63, 3.8) is 0 Å². The molecule has 1 heterocycles. The van der Waals surface area contributed by atoms with Crippen LogP contribution >= 0.6 is 0 Å². The number of methoxy groups -OCH3 is 1. The molecule has 31 heavy (non-hydrogen) atoms. The van der Waals surface area contributed by atoms with E-state index in [0.717, 1.165) is 20.8 Å². The molecule has 11 nitrogen and oxygen atoms in total. The van der Waals surface area contributed by atoms with E-state index in [1.807, 2.05) is 0 Å². The number of hydrogen-bond donors (Lipinski definition) is 1. The minimum atomic E-state index is -1.31. The smallest absolute Gasteiger partial charge is 0.372 e. The first-order valence-corrected chi connectivity index (χ1v) is 9.69. The Labute approximate surface area is 180 Å². The third-order valence-electron chi connectivity index (χ3n) is 4.22. The lowest BCUT2D eigenvalue weighted by molar-refractivity contribution is -0.187. The van der Waals surface area contributed by atoms with Crippen LogP contribution in [-0.4, -0.2) is 67.9 Å². The zero-order valence-corrected chi connectivity index (χ0v) is 18.5. The molecule has 0 fully saturated rings. The van der Waals surface area contributed by atoms with Crippen LogP contribution in [0.1, 0.15) is 41.0 Å². The summed E-state index contributed by atoms with van der Waals surface area (Å²) in [5.74, 6) is -3.71. The van der Waals surface area contributed by atoms with E-state index in [2.05, 4.69) is 10.1 Å². The summed E-state index contributed by atoms with van der Waals surface area (Å²) in [6.07, 6.45) is -2.14. The maximum Gasteiger partial charge on any atom is 0.372 e. The van der Waals surface area contributed by atoms with Crippen LogP contribution in [0.2, 0.25) is 0 Å². The highest BCUT2D eigenvalue weighted by molar-refractivity contribution is 5.86. The highest BCUT2D eigenvalue weighted by Crippen LogP contribution is 2.26. The fourth-order valence-electron chi connectivity index (χ4n) is 2.82. The van der Waals surface area contributed by atoms with E-state index in [0.29, 0.717) is 0 Å². The second kappa shape index (κ2) is 11.9. The van der Waals surface area contributed by atoms with Crippen molar-refractivity contribution in [3.05, 3.63) is 11.8 Å². The van der Waals surface area contributed by atoms with Gasteiger partial charge in [0.15, 0.2) is 18.3 Å². The summed E-state index contributed by atoms with van der Waals surface area (Å²) >= 11 is 0. The first-order valence-electron chi connectivity index (χ1n) is 9.69. The molecule has 1 aliphatic rings. The summed E-state index contributed by atoms with van der Waals surface area (Å²) < 4.78 is 25.9. The van der Waals surface area contributed by atoms with Crippen LogP contribution in [-0.2, 0) is 47.7 Å². The molecule has 0 aromatic heterocycles. The molecule has 0 saturated carbocycles. The molecule has 1 aliphatic heterocycles. The Hall–Kier alpha value is -3.11. The lowest BCUT2D eigenvalue weighted by atomic mass is 9.95. The van der Waals surface area contributed by atoms with Gasteiger partial charge < -0.3 is 29.0 Å². The van der Waals surface area contributed by atoms with Crippen molar-refractivity contribution in [3.8, 4) is 0 Å². The lowest BCUT2D eigenvalue weighted by Gasteiger charge is -2.38. The Balaban J connectivity index is 3.36. The zero-order chi connectivity index (χ0) is 23.7. The Morgan fingerprint density at radius 2 is 1.68 bits per heavy atom. The van der Waals surface area contributed by atoms with Crippen molar-refractivity contribution in [2.45, 2.75) is 65.4 Å². The van der Waals surface area contributed by atoms with Gasteiger partial charge in [0.25, 0.3) is 0 Å². The summed E-state index contributed by atoms with van der Waals surface area (Å²) in [4.78, 5) is 59.0. The van der Waals surface area contributed by atoms with E-state index >= 15 is 0 Å². The van der Waals surface area contributed by atoms with Gasteiger partial charge in [-0.15, -0.1) is 0 Å². The number of amides is 1. The molecule has 174 valence electrons. The van der Waals surface area contributed by atoms with E-state index in [1.165, 1.54) is 13.2 Å². The molecule has 4 atom stereocenters. The normalized spacial score (nSPS) is 19.8. The number of hydrogen-bond acceptors (Lipinski definition) is 10. The molecular formula is C20H29NO10. The minimum absolute atomic E-state index is 0.145. The van der Waals surface area contributed by atoms with Crippen LogP contribution in [0.5, 0.6) is 0 Å². The van der Waals surface area contributed by atoms with Gasteiger partial charge >= 0.3 is 23.9 Å². The SMILES string of the molecule is COC(=O)C1=CC[C@@H](NC(=O)C(C)C)C(C(OC(C)=O)C(COC(C)=O)OC(C)=O)O1. The summed E-state index contributed by atoms with van der Waals surface area (Å²) in [6.45, 7) is 6.36. The molecular weight excluding hydrogens is 414 g/mol. The number of rotatable bonds is 9. The Morgan fingerprint density at radius 1 is 1.06 bits per heavy atom. The average molecular weight is 443 g/mol. The lowest BCUT2D eigenvalue weighted by Crippen LogP contribution is -2.57. The number of carbonyl (C=O) groups excluding carboxylic acids is 5. The molecule has 11 heteroatoms. The number of nitrogens with one attached hydrogen (secondary N) is 1. The predicted octanol–water partition coefficient (Wildman–Crippen LogP) is 0.400. The summed E-state index contributed by atoms with van der Waals surface area (Å²) in [7, 11) is 1.17. The van der Waals surface area contributed by atoms with Crippen LogP contribution in [0, 0.1) is 5.92 Å². The van der Waals surface area contributed by atoms with Gasteiger partial charge in [-0.3, -0.25) is 19.2 Å². The number of carbonyl (C=O) groups is 5. The maximum atomic E-state index is 12.3. The Kier molecular flexibility index (Phi) is 9.97. The summed E-state index contributed by atoms with van der Waals surface area (Å²) in [5, 5.41) is 2.77. The van der Waals surface area contributed by atoms with Gasteiger partial charge in [0.05, 0.1) is 13.2 Å². The Morgan fingerprint density at radius 3 is 2.16 bits per heavy atom. The fourth-order valence-corrected chi connectivity index (χ4v) is 2.82. The molecule has 0 radical (unpaired) electrons. The van der Waals surface area contributed by atoms with Crippen LogP contribution in [0.25, 0.3) is 0 Å². The van der Waals surface area contributed by atoms with E-state index in [-0.39, 0.29) is 24.0 Å².